The number of ether oxygens (including phenoxy) is 1. The third-order valence-corrected chi connectivity index (χ3v) is 9.10. The van der Waals surface area contributed by atoms with Crippen LogP contribution in [0.5, 0.6) is 11.5 Å². The van der Waals surface area contributed by atoms with Crippen LogP contribution in [-0.2, 0) is 33.9 Å². The summed E-state index contributed by atoms with van der Waals surface area (Å²) in [4.78, 5) is 4.70. The molecule has 4 aromatic carbocycles. The van der Waals surface area contributed by atoms with E-state index in [-0.39, 0.29) is 21.1 Å². The molecule has 0 spiro atoms. The summed E-state index contributed by atoms with van der Waals surface area (Å²) in [7, 11) is 0. The van der Waals surface area contributed by atoms with Gasteiger partial charge >= 0.3 is 21.1 Å². The van der Waals surface area contributed by atoms with E-state index < -0.39 is 0 Å². The Morgan fingerprint density at radius 3 is 2.18 bits per heavy atom. The zero-order valence-electron chi connectivity index (χ0n) is 29.2. The quantitative estimate of drug-likeness (QED) is 0.136. The minimum Gasteiger partial charge on any atom is -0.509 e. The van der Waals surface area contributed by atoms with Gasteiger partial charge in [-0.25, -0.2) is 4.98 Å². The van der Waals surface area contributed by atoms with Gasteiger partial charge in [-0.05, 0) is 108 Å². The Labute approximate surface area is 304 Å². The molecule has 0 bridgehead atoms. The van der Waals surface area contributed by atoms with Crippen LogP contribution in [-0.4, -0.2) is 19.3 Å². The number of hydrogen-bond donors (Lipinski definition) is 0. The predicted molar refractivity (Wildman–Crippen MR) is 197 cm³/mol. The van der Waals surface area contributed by atoms with Crippen molar-refractivity contribution in [3.05, 3.63) is 131 Å². The fourth-order valence-electron chi connectivity index (χ4n) is 6.91. The number of para-hydroxylation sites is 1. The molecule has 3 aromatic heterocycles. The zero-order chi connectivity index (χ0) is 33.5. The minimum atomic E-state index is 0. The van der Waals surface area contributed by atoms with Crippen LogP contribution in [0.1, 0.15) is 55.5 Å². The Balaban J connectivity index is 0.00000417. The summed E-state index contributed by atoms with van der Waals surface area (Å²) in [6.45, 7) is 15.8. The smallest absolute Gasteiger partial charge is 0.509 e. The number of aromatic nitrogens is 4. The molecule has 49 heavy (non-hydrogen) atoms. The van der Waals surface area contributed by atoms with E-state index >= 15 is 0 Å². The monoisotopic (exact) mass is 825 g/mol. The summed E-state index contributed by atoms with van der Waals surface area (Å²) in [6.07, 6.45) is 8.08. The van der Waals surface area contributed by atoms with Crippen LogP contribution < -0.4 is 4.74 Å². The van der Waals surface area contributed by atoms with E-state index in [1.165, 1.54) is 27.8 Å². The summed E-state index contributed by atoms with van der Waals surface area (Å²) in [6, 6.07) is 31.9. The number of aryl methyl sites for hydroxylation is 1. The Kier molecular flexibility index (Phi) is 9.95. The Morgan fingerprint density at radius 1 is 0.755 bits per heavy atom. The van der Waals surface area contributed by atoms with Crippen molar-refractivity contribution in [2.45, 2.75) is 61.3 Å². The van der Waals surface area contributed by atoms with Crippen LogP contribution in [0.15, 0.2) is 91.4 Å². The summed E-state index contributed by atoms with van der Waals surface area (Å²) in [5.41, 5.74) is 11.9. The molecule has 0 amide bonds. The van der Waals surface area contributed by atoms with Crippen molar-refractivity contribution < 1.29 is 25.8 Å². The molecule has 0 N–H and O–H groups in total. The summed E-state index contributed by atoms with van der Waals surface area (Å²) < 4.78 is 10.5. The molecular formula is C43H42N4OPt. The molecule has 0 fully saturated rings. The fourth-order valence-corrected chi connectivity index (χ4v) is 6.91. The van der Waals surface area contributed by atoms with Gasteiger partial charge in [0.2, 0.25) is 0 Å². The minimum absolute atomic E-state index is 0. The standard InChI is InChI=1S/C43H42N4O.Pt/c1-27(2)19-32-22-33(20-28(3)4)31(7)43(30(32)6)34-25-45-46(26-34)35-11-10-12-36(23-35)48-37-15-16-39-38-13-8-9-14-40(38)47(41(39)24-37)42-21-29(5)17-18-44-42;/h8-18,21-22,25-28H,19-20H2,1-7H3;/q-2;+2. The van der Waals surface area contributed by atoms with Crippen molar-refractivity contribution in [3.8, 4) is 34.1 Å². The number of nitrogens with zero attached hydrogens (tertiary/aromatic N) is 4. The summed E-state index contributed by atoms with van der Waals surface area (Å²) >= 11 is 0. The van der Waals surface area contributed by atoms with Crippen molar-refractivity contribution in [1.82, 2.24) is 19.3 Å². The average Bonchev–Trinajstić information content (AvgIpc) is 3.66. The molecule has 6 heteroatoms. The van der Waals surface area contributed by atoms with Gasteiger partial charge in [0, 0.05) is 35.0 Å². The maximum atomic E-state index is 6.41. The second-order valence-corrected chi connectivity index (χ2v) is 13.8. The van der Waals surface area contributed by atoms with E-state index in [1.54, 1.807) is 0 Å². The molecule has 0 aliphatic carbocycles. The van der Waals surface area contributed by atoms with Gasteiger partial charge in [0.1, 0.15) is 5.82 Å². The van der Waals surface area contributed by atoms with E-state index in [9.17, 15) is 0 Å². The molecule has 250 valence electrons. The van der Waals surface area contributed by atoms with Crippen LogP contribution in [0, 0.1) is 44.7 Å². The molecule has 0 radical (unpaired) electrons. The molecule has 0 unspecified atom stereocenters. The third kappa shape index (κ3) is 6.87. The number of pyridine rings is 1. The number of hydrogen-bond acceptors (Lipinski definition) is 3. The number of rotatable bonds is 9. The molecule has 5 nitrogen and oxygen atoms in total. The van der Waals surface area contributed by atoms with Gasteiger partial charge in [-0.2, -0.15) is 17.2 Å². The van der Waals surface area contributed by atoms with Crippen LogP contribution in [0.4, 0.5) is 0 Å². The van der Waals surface area contributed by atoms with Crippen molar-refractivity contribution in [3.63, 3.8) is 0 Å². The van der Waals surface area contributed by atoms with Gasteiger partial charge in [-0.1, -0.05) is 57.5 Å². The third-order valence-electron chi connectivity index (χ3n) is 9.10. The maximum absolute atomic E-state index is 6.41. The van der Waals surface area contributed by atoms with E-state index in [1.807, 2.05) is 47.4 Å². The topological polar surface area (TPSA) is 44.9 Å². The van der Waals surface area contributed by atoms with Gasteiger partial charge in [0.05, 0.1) is 6.20 Å². The molecule has 0 aliphatic rings. The number of benzene rings is 4. The Morgan fingerprint density at radius 2 is 1.47 bits per heavy atom. The summed E-state index contributed by atoms with van der Waals surface area (Å²) in [5, 5.41) is 7.05. The zero-order valence-corrected chi connectivity index (χ0v) is 31.5. The van der Waals surface area contributed by atoms with Crippen molar-refractivity contribution in [2.75, 3.05) is 0 Å². The SMILES string of the molecule is Cc1ccnc(-n2c3[c-]c(Oc4[c-]c(-n5cc(-c6c(C)c(CC(C)C)cc(CC(C)C)c6C)cn5)ccc4)ccc3c3ccccc32)c1.[Pt+2]. The molecule has 0 saturated carbocycles. The van der Waals surface area contributed by atoms with Crippen molar-refractivity contribution >= 4 is 21.8 Å². The molecule has 7 aromatic rings. The normalized spacial score (nSPS) is 11.5. The van der Waals surface area contributed by atoms with Crippen LogP contribution in [0.25, 0.3) is 44.4 Å². The maximum Gasteiger partial charge on any atom is 2.00 e. The Bertz CT molecular complexity index is 2240. The largest absolute Gasteiger partial charge is 2.00 e. The Hall–Kier alpha value is -4.47. The van der Waals surface area contributed by atoms with Gasteiger partial charge in [-0.15, -0.1) is 35.7 Å². The molecule has 0 saturated heterocycles. The first-order chi connectivity index (χ1) is 23.2. The van der Waals surface area contributed by atoms with Crippen LogP contribution >= 0.6 is 0 Å². The van der Waals surface area contributed by atoms with Gasteiger partial charge in [0.25, 0.3) is 0 Å². The first-order valence-corrected chi connectivity index (χ1v) is 16.9. The van der Waals surface area contributed by atoms with Crippen LogP contribution in [0.2, 0.25) is 0 Å². The molecule has 3 heterocycles. The molecule has 0 aliphatic heterocycles. The predicted octanol–water partition coefficient (Wildman–Crippen LogP) is 10.7. The fraction of sp³-hybridized carbons (Fsp3) is 0.256. The van der Waals surface area contributed by atoms with Gasteiger partial charge in [0.15, 0.2) is 0 Å². The molecule has 7 rings (SSSR count). The van der Waals surface area contributed by atoms with Crippen LogP contribution in [0.3, 0.4) is 0 Å². The second-order valence-electron chi connectivity index (χ2n) is 13.8. The van der Waals surface area contributed by atoms with E-state index in [0.29, 0.717) is 23.3 Å². The first-order valence-electron chi connectivity index (χ1n) is 16.9. The van der Waals surface area contributed by atoms with E-state index in [2.05, 4.69) is 114 Å². The van der Waals surface area contributed by atoms with E-state index in [0.717, 1.165) is 57.3 Å². The molecule has 0 atom stereocenters. The molecular weight excluding hydrogens is 784 g/mol. The first kappa shape index (κ1) is 34.4. The number of fused-ring (bicyclic) bond motifs is 3. The van der Waals surface area contributed by atoms with Gasteiger partial charge < -0.3 is 9.30 Å². The average molecular weight is 826 g/mol. The summed E-state index contributed by atoms with van der Waals surface area (Å²) in [5.74, 6) is 3.24. The van der Waals surface area contributed by atoms with Gasteiger partial charge in [-0.3, -0.25) is 4.68 Å². The van der Waals surface area contributed by atoms with Crippen molar-refractivity contribution in [2.24, 2.45) is 11.8 Å². The second kappa shape index (κ2) is 14.2. The van der Waals surface area contributed by atoms with E-state index in [4.69, 9.17) is 14.8 Å². The van der Waals surface area contributed by atoms with Crippen molar-refractivity contribution in [1.29, 1.82) is 0 Å².